The van der Waals surface area contributed by atoms with Crippen LogP contribution in [0.4, 0.5) is 4.39 Å². The van der Waals surface area contributed by atoms with Gasteiger partial charge in [-0.25, -0.2) is 22.5 Å². The number of carbonyl (C=O) groups is 1. The van der Waals surface area contributed by atoms with E-state index >= 15 is 0 Å². The van der Waals surface area contributed by atoms with E-state index in [1.807, 2.05) is 45.7 Å². The summed E-state index contributed by atoms with van der Waals surface area (Å²) >= 11 is 0. The van der Waals surface area contributed by atoms with Gasteiger partial charge in [0, 0.05) is 17.1 Å². The van der Waals surface area contributed by atoms with E-state index in [0.29, 0.717) is 17.6 Å². The van der Waals surface area contributed by atoms with Crippen LogP contribution in [0.15, 0.2) is 66.7 Å². The quantitative estimate of drug-likeness (QED) is 0.404. The van der Waals surface area contributed by atoms with Crippen LogP contribution >= 0.6 is 0 Å². The molecule has 0 unspecified atom stereocenters. The molecule has 7 nitrogen and oxygen atoms in total. The molecule has 0 bridgehead atoms. The van der Waals surface area contributed by atoms with Crippen LogP contribution in [0.25, 0.3) is 22.2 Å². The second-order valence-electron chi connectivity index (χ2n) is 7.79. The summed E-state index contributed by atoms with van der Waals surface area (Å²) in [5.41, 5.74) is 2.91. The third kappa shape index (κ3) is 4.94. The number of methoxy groups -OCH3 is 1. The molecule has 0 aliphatic rings. The lowest BCUT2D eigenvalue weighted by atomic mass is 10.1. The summed E-state index contributed by atoms with van der Waals surface area (Å²) in [4.78, 5) is 16.9. The minimum absolute atomic E-state index is 0.0113. The molecule has 4 rings (SSSR count). The number of amides is 1. The van der Waals surface area contributed by atoms with Crippen molar-refractivity contribution in [3.8, 4) is 17.0 Å². The van der Waals surface area contributed by atoms with E-state index in [1.165, 1.54) is 19.2 Å². The predicted octanol–water partition coefficient (Wildman–Crippen LogP) is 4.37. The molecule has 0 aliphatic carbocycles. The van der Waals surface area contributed by atoms with Crippen LogP contribution in [0.3, 0.4) is 0 Å². The van der Waals surface area contributed by atoms with Crippen LogP contribution in [0.1, 0.15) is 29.5 Å². The van der Waals surface area contributed by atoms with E-state index in [0.717, 1.165) is 16.6 Å². The van der Waals surface area contributed by atoms with Gasteiger partial charge >= 0.3 is 0 Å². The van der Waals surface area contributed by atoms with Crippen molar-refractivity contribution in [2.45, 2.75) is 19.9 Å². The fourth-order valence-corrected chi connectivity index (χ4v) is 4.83. The Kier molecular flexibility index (Phi) is 6.65. The first-order valence-corrected chi connectivity index (χ1v) is 12.4. The maximum absolute atomic E-state index is 14.6. The fraction of sp³-hybridized carbons (Fsp3) is 0.200. The van der Waals surface area contributed by atoms with Crippen LogP contribution in [-0.2, 0) is 16.6 Å². The van der Waals surface area contributed by atoms with Gasteiger partial charge in [-0.2, -0.15) is 0 Å². The Labute approximate surface area is 197 Å². The first-order valence-electron chi connectivity index (χ1n) is 10.7. The van der Waals surface area contributed by atoms with Crippen LogP contribution in [-0.4, -0.2) is 36.7 Å². The van der Waals surface area contributed by atoms with Crippen molar-refractivity contribution in [3.63, 3.8) is 0 Å². The van der Waals surface area contributed by atoms with Crippen molar-refractivity contribution in [3.05, 3.63) is 83.9 Å². The molecule has 0 saturated heterocycles. The Bertz CT molecular complexity index is 1450. The number of nitrogens with zero attached hydrogens (tertiary/aromatic N) is 2. The van der Waals surface area contributed by atoms with Crippen molar-refractivity contribution in [1.29, 1.82) is 0 Å². The molecule has 2 aromatic carbocycles. The van der Waals surface area contributed by atoms with Gasteiger partial charge in [0.1, 0.15) is 5.69 Å². The highest BCUT2D eigenvalue weighted by molar-refractivity contribution is 7.90. The van der Waals surface area contributed by atoms with E-state index in [4.69, 9.17) is 4.74 Å². The van der Waals surface area contributed by atoms with E-state index in [-0.39, 0.29) is 23.7 Å². The van der Waals surface area contributed by atoms with Crippen molar-refractivity contribution in [1.82, 2.24) is 14.3 Å². The number of fused-ring (bicyclic) bond motifs is 1. The topological polar surface area (TPSA) is 90.3 Å². The molecule has 4 aromatic rings. The Hall–Kier alpha value is -3.72. The summed E-state index contributed by atoms with van der Waals surface area (Å²) in [5, 5.41) is 0.789. The molecule has 0 radical (unpaired) electrons. The van der Waals surface area contributed by atoms with Gasteiger partial charge in [0.2, 0.25) is 10.0 Å². The minimum atomic E-state index is -3.72. The molecule has 2 aromatic heterocycles. The Morgan fingerprint density at radius 2 is 1.85 bits per heavy atom. The van der Waals surface area contributed by atoms with Crippen LogP contribution < -0.4 is 9.46 Å². The lowest BCUT2D eigenvalue weighted by molar-refractivity contribution is 0.0976. The molecule has 34 heavy (non-hydrogen) atoms. The molecular formula is C25H24FN3O4S. The smallest absolute Gasteiger partial charge is 0.283 e. The third-order valence-corrected chi connectivity index (χ3v) is 6.77. The molecule has 0 saturated carbocycles. The summed E-state index contributed by atoms with van der Waals surface area (Å²) < 4.78 is 47.6. The molecule has 1 N–H and O–H groups in total. The van der Waals surface area contributed by atoms with Gasteiger partial charge < -0.3 is 9.30 Å². The lowest BCUT2D eigenvalue weighted by Crippen LogP contribution is -2.33. The second-order valence-corrected chi connectivity index (χ2v) is 9.63. The number of hydrogen-bond acceptors (Lipinski definition) is 5. The number of rotatable bonds is 8. The van der Waals surface area contributed by atoms with Crippen LogP contribution in [0.5, 0.6) is 5.75 Å². The highest BCUT2D eigenvalue weighted by atomic mass is 32.2. The lowest BCUT2D eigenvalue weighted by Gasteiger charge is -2.12. The Balaban J connectivity index is 1.75. The van der Waals surface area contributed by atoms with Gasteiger partial charge in [-0.3, -0.25) is 4.79 Å². The van der Waals surface area contributed by atoms with Gasteiger partial charge in [-0.05, 0) is 36.2 Å². The molecule has 0 fully saturated rings. The standard InChI is InChI=1S/C25H24FN3O4S/c1-3-12-34(31,32)28-25(30)21-11-7-10-19(27-21)16-29-22(17-8-5-4-6-9-17)13-18-14-24(33-2)20(26)15-23(18)29/h4-11,13-15H,3,12,16H2,1-2H3,(H,28,30). The number of hydrogen-bond donors (Lipinski definition) is 1. The van der Waals surface area contributed by atoms with Crippen molar-refractivity contribution in [2.24, 2.45) is 0 Å². The molecule has 2 heterocycles. The summed E-state index contributed by atoms with van der Waals surface area (Å²) in [5.74, 6) is -1.28. The number of pyridine rings is 1. The summed E-state index contributed by atoms with van der Waals surface area (Å²) in [6.07, 6.45) is 0.389. The molecule has 0 atom stereocenters. The molecule has 0 spiro atoms. The number of nitrogens with one attached hydrogen (secondary N) is 1. The van der Waals surface area contributed by atoms with Crippen molar-refractivity contribution >= 4 is 26.8 Å². The molecule has 0 aliphatic heterocycles. The molecule has 1 amide bonds. The largest absolute Gasteiger partial charge is 0.494 e. The molecule has 176 valence electrons. The Morgan fingerprint density at radius 1 is 1.09 bits per heavy atom. The normalized spacial score (nSPS) is 11.5. The number of ether oxygens (including phenoxy) is 1. The van der Waals surface area contributed by atoms with Gasteiger partial charge in [-0.1, -0.05) is 43.3 Å². The zero-order valence-electron chi connectivity index (χ0n) is 18.8. The van der Waals surface area contributed by atoms with Crippen molar-refractivity contribution < 1.29 is 22.3 Å². The third-order valence-electron chi connectivity index (χ3n) is 5.33. The average Bonchev–Trinajstić information content (AvgIpc) is 3.16. The van der Waals surface area contributed by atoms with E-state index in [9.17, 15) is 17.6 Å². The van der Waals surface area contributed by atoms with Gasteiger partial charge in [0.05, 0.1) is 30.6 Å². The number of halogens is 1. The molecular weight excluding hydrogens is 457 g/mol. The summed E-state index contributed by atoms with van der Waals surface area (Å²) in [7, 11) is -2.31. The SMILES string of the molecule is CCCS(=O)(=O)NC(=O)c1cccc(Cn2c(-c3ccccc3)cc3cc(OC)c(F)cc32)n1. The van der Waals surface area contributed by atoms with Gasteiger partial charge in [0.25, 0.3) is 5.91 Å². The van der Waals surface area contributed by atoms with Gasteiger partial charge in [-0.15, -0.1) is 0 Å². The first kappa shape index (κ1) is 23.4. The second kappa shape index (κ2) is 9.64. The Morgan fingerprint density at radius 3 is 2.56 bits per heavy atom. The number of carbonyl (C=O) groups excluding carboxylic acids is 1. The van der Waals surface area contributed by atoms with Gasteiger partial charge in [0.15, 0.2) is 11.6 Å². The number of benzene rings is 2. The van der Waals surface area contributed by atoms with E-state index in [1.54, 1.807) is 25.1 Å². The monoisotopic (exact) mass is 481 g/mol. The summed E-state index contributed by atoms with van der Waals surface area (Å²) in [6.45, 7) is 1.95. The fourth-order valence-electron chi connectivity index (χ4n) is 3.81. The average molecular weight is 482 g/mol. The van der Waals surface area contributed by atoms with E-state index < -0.39 is 21.7 Å². The first-order chi connectivity index (χ1) is 16.3. The predicted molar refractivity (Wildman–Crippen MR) is 129 cm³/mol. The van der Waals surface area contributed by atoms with Crippen molar-refractivity contribution in [2.75, 3.05) is 12.9 Å². The van der Waals surface area contributed by atoms with Crippen LogP contribution in [0.2, 0.25) is 0 Å². The van der Waals surface area contributed by atoms with Crippen LogP contribution in [0, 0.1) is 5.82 Å². The summed E-state index contributed by atoms with van der Waals surface area (Å²) in [6, 6.07) is 19.5. The van der Waals surface area contributed by atoms with E-state index in [2.05, 4.69) is 4.98 Å². The maximum atomic E-state index is 14.6. The number of sulfonamides is 1. The molecule has 9 heteroatoms. The zero-order valence-corrected chi connectivity index (χ0v) is 19.6. The number of aromatic nitrogens is 2. The maximum Gasteiger partial charge on any atom is 0.283 e. The highest BCUT2D eigenvalue weighted by Gasteiger charge is 2.18. The zero-order chi connectivity index (χ0) is 24.3. The minimum Gasteiger partial charge on any atom is -0.494 e. The highest BCUT2D eigenvalue weighted by Crippen LogP contribution is 2.32.